The molecule has 0 aliphatic carbocycles. The molecule has 0 fully saturated rings. The normalized spacial score (nSPS) is 9.53. The van der Waals surface area contributed by atoms with E-state index in [0.717, 1.165) is 0 Å². The van der Waals surface area contributed by atoms with Crippen molar-refractivity contribution in [3.8, 4) is 22.9 Å². The second-order valence-corrected chi connectivity index (χ2v) is 3.03. The zero-order chi connectivity index (χ0) is 10.7. The van der Waals surface area contributed by atoms with E-state index in [9.17, 15) is 5.11 Å². The average Bonchev–Trinajstić information content (AvgIpc) is 2.30. The molecular weight excluding hydrogens is 188 g/mol. The van der Waals surface area contributed by atoms with Crippen LogP contribution in [-0.4, -0.2) is 10.1 Å². The number of hydrogen-bond acceptors (Lipinski definition) is 3. The van der Waals surface area contributed by atoms with E-state index >= 15 is 0 Å². The first kappa shape index (κ1) is 9.22. The Balaban J connectivity index is 2.65. The standard InChI is InChI=1S/C12H8N2O/c13-8-11-9(5-3-7-14-11)10-4-1-2-6-12(10)15/h1-7,15H. The largest absolute Gasteiger partial charge is 0.507 e. The Morgan fingerprint density at radius 1 is 1.07 bits per heavy atom. The van der Waals surface area contributed by atoms with Gasteiger partial charge in [0.2, 0.25) is 0 Å². The Kier molecular flexibility index (Phi) is 2.34. The monoisotopic (exact) mass is 196 g/mol. The van der Waals surface area contributed by atoms with E-state index in [0.29, 0.717) is 16.8 Å². The van der Waals surface area contributed by atoms with Crippen LogP contribution >= 0.6 is 0 Å². The van der Waals surface area contributed by atoms with Gasteiger partial charge < -0.3 is 5.11 Å². The number of phenolic OH excluding ortho intramolecular Hbond substituents is 1. The quantitative estimate of drug-likeness (QED) is 0.761. The van der Waals surface area contributed by atoms with Crippen molar-refractivity contribution in [1.29, 1.82) is 5.26 Å². The zero-order valence-corrected chi connectivity index (χ0v) is 7.88. The highest BCUT2D eigenvalue weighted by Gasteiger charge is 2.08. The van der Waals surface area contributed by atoms with Crippen LogP contribution in [0, 0.1) is 11.3 Å². The summed E-state index contributed by atoms with van der Waals surface area (Å²) in [4.78, 5) is 3.94. The van der Waals surface area contributed by atoms with E-state index in [-0.39, 0.29) is 5.75 Å². The van der Waals surface area contributed by atoms with Crippen molar-refractivity contribution in [2.24, 2.45) is 0 Å². The van der Waals surface area contributed by atoms with Gasteiger partial charge in [0, 0.05) is 17.3 Å². The summed E-state index contributed by atoms with van der Waals surface area (Å²) < 4.78 is 0. The van der Waals surface area contributed by atoms with Crippen molar-refractivity contribution in [2.45, 2.75) is 0 Å². The van der Waals surface area contributed by atoms with Crippen LogP contribution in [0.1, 0.15) is 5.69 Å². The number of nitriles is 1. The molecule has 0 atom stereocenters. The smallest absolute Gasteiger partial charge is 0.148 e. The second-order valence-electron chi connectivity index (χ2n) is 3.03. The first-order chi connectivity index (χ1) is 7.33. The highest BCUT2D eigenvalue weighted by atomic mass is 16.3. The minimum Gasteiger partial charge on any atom is -0.507 e. The molecule has 1 heterocycles. The van der Waals surface area contributed by atoms with Crippen LogP contribution in [0.2, 0.25) is 0 Å². The average molecular weight is 196 g/mol. The molecule has 0 saturated heterocycles. The second kappa shape index (κ2) is 3.81. The minimum atomic E-state index is 0.155. The predicted molar refractivity (Wildman–Crippen MR) is 56.1 cm³/mol. The van der Waals surface area contributed by atoms with Gasteiger partial charge in [-0.3, -0.25) is 0 Å². The Hall–Kier alpha value is -2.34. The van der Waals surface area contributed by atoms with Gasteiger partial charge in [-0.25, -0.2) is 4.98 Å². The van der Waals surface area contributed by atoms with Crippen LogP contribution in [0.25, 0.3) is 11.1 Å². The molecule has 0 bridgehead atoms. The van der Waals surface area contributed by atoms with Gasteiger partial charge in [-0.2, -0.15) is 5.26 Å². The van der Waals surface area contributed by atoms with Crippen molar-refractivity contribution in [2.75, 3.05) is 0 Å². The summed E-state index contributed by atoms with van der Waals surface area (Å²) in [5.41, 5.74) is 1.60. The van der Waals surface area contributed by atoms with Gasteiger partial charge in [0.15, 0.2) is 0 Å². The van der Waals surface area contributed by atoms with Crippen LogP contribution < -0.4 is 0 Å². The van der Waals surface area contributed by atoms with Crippen LogP contribution in [0.15, 0.2) is 42.6 Å². The van der Waals surface area contributed by atoms with Crippen molar-refractivity contribution in [1.82, 2.24) is 4.98 Å². The minimum absolute atomic E-state index is 0.155. The molecule has 0 amide bonds. The summed E-state index contributed by atoms with van der Waals surface area (Å²) >= 11 is 0. The lowest BCUT2D eigenvalue weighted by atomic mass is 10.0. The maximum Gasteiger partial charge on any atom is 0.148 e. The van der Waals surface area contributed by atoms with Crippen molar-refractivity contribution in [3.63, 3.8) is 0 Å². The predicted octanol–water partition coefficient (Wildman–Crippen LogP) is 2.33. The maximum absolute atomic E-state index is 9.65. The van der Waals surface area contributed by atoms with Crippen LogP contribution in [-0.2, 0) is 0 Å². The van der Waals surface area contributed by atoms with E-state index in [1.54, 1.807) is 36.5 Å². The van der Waals surface area contributed by atoms with Gasteiger partial charge in [0.25, 0.3) is 0 Å². The van der Waals surface area contributed by atoms with Crippen LogP contribution in [0.4, 0.5) is 0 Å². The highest BCUT2D eigenvalue weighted by molar-refractivity contribution is 5.73. The Morgan fingerprint density at radius 2 is 1.80 bits per heavy atom. The SMILES string of the molecule is N#Cc1ncccc1-c1ccccc1O. The number of nitrogens with zero attached hydrogens (tertiary/aromatic N) is 2. The van der Waals surface area contributed by atoms with E-state index in [1.807, 2.05) is 12.1 Å². The molecular formula is C12H8N2O. The molecule has 0 saturated carbocycles. The van der Waals surface area contributed by atoms with Crippen molar-refractivity contribution < 1.29 is 5.11 Å². The number of pyridine rings is 1. The van der Waals surface area contributed by atoms with E-state index in [4.69, 9.17) is 5.26 Å². The first-order valence-corrected chi connectivity index (χ1v) is 4.46. The third-order valence-corrected chi connectivity index (χ3v) is 2.11. The van der Waals surface area contributed by atoms with Crippen molar-refractivity contribution >= 4 is 0 Å². The molecule has 2 rings (SSSR count). The lowest BCUT2D eigenvalue weighted by Gasteiger charge is -2.04. The van der Waals surface area contributed by atoms with Gasteiger partial charge in [-0.05, 0) is 18.2 Å². The molecule has 3 heteroatoms. The number of aromatic hydroxyl groups is 1. The number of aromatic nitrogens is 1. The first-order valence-electron chi connectivity index (χ1n) is 4.46. The molecule has 1 aromatic carbocycles. The molecule has 72 valence electrons. The summed E-state index contributed by atoms with van der Waals surface area (Å²) in [5, 5.41) is 18.5. The Morgan fingerprint density at radius 3 is 2.53 bits per heavy atom. The highest BCUT2D eigenvalue weighted by Crippen LogP contribution is 2.29. The molecule has 0 unspecified atom stereocenters. The van der Waals surface area contributed by atoms with Gasteiger partial charge in [-0.15, -0.1) is 0 Å². The van der Waals surface area contributed by atoms with E-state index < -0.39 is 0 Å². The maximum atomic E-state index is 9.65. The molecule has 0 aliphatic heterocycles. The number of para-hydroxylation sites is 1. The number of phenols is 1. The van der Waals surface area contributed by atoms with Gasteiger partial charge >= 0.3 is 0 Å². The van der Waals surface area contributed by atoms with Gasteiger partial charge in [-0.1, -0.05) is 18.2 Å². The van der Waals surface area contributed by atoms with E-state index in [2.05, 4.69) is 4.98 Å². The fraction of sp³-hybridized carbons (Fsp3) is 0. The lowest BCUT2D eigenvalue weighted by Crippen LogP contribution is -1.87. The molecule has 1 N–H and O–H groups in total. The number of rotatable bonds is 1. The van der Waals surface area contributed by atoms with Gasteiger partial charge in [0.1, 0.15) is 17.5 Å². The summed E-state index contributed by atoms with van der Waals surface area (Å²) in [5.74, 6) is 0.155. The summed E-state index contributed by atoms with van der Waals surface area (Å²) in [7, 11) is 0. The van der Waals surface area contributed by atoms with Crippen LogP contribution in [0.3, 0.4) is 0 Å². The van der Waals surface area contributed by atoms with Gasteiger partial charge in [0.05, 0.1) is 0 Å². The fourth-order valence-corrected chi connectivity index (χ4v) is 1.41. The molecule has 0 radical (unpaired) electrons. The van der Waals surface area contributed by atoms with Crippen LogP contribution in [0.5, 0.6) is 5.75 Å². The van der Waals surface area contributed by atoms with Crippen molar-refractivity contribution in [3.05, 3.63) is 48.3 Å². The number of benzene rings is 1. The molecule has 15 heavy (non-hydrogen) atoms. The summed E-state index contributed by atoms with van der Waals surface area (Å²) in [6.45, 7) is 0. The summed E-state index contributed by atoms with van der Waals surface area (Å²) in [6, 6.07) is 12.4. The Bertz CT molecular complexity index is 529. The zero-order valence-electron chi connectivity index (χ0n) is 7.88. The molecule has 0 aliphatic rings. The fourth-order valence-electron chi connectivity index (χ4n) is 1.41. The number of hydrogen-bond donors (Lipinski definition) is 1. The molecule has 1 aromatic heterocycles. The third kappa shape index (κ3) is 1.65. The molecule has 2 aromatic rings. The summed E-state index contributed by atoms with van der Waals surface area (Å²) in [6.07, 6.45) is 1.56. The molecule has 3 nitrogen and oxygen atoms in total. The lowest BCUT2D eigenvalue weighted by molar-refractivity contribution is 0.477. The Labute approximate surface area is 87.3 Å². The van der Waals surface area contributed by atoms with E-state index in [1.165, 1.54) is 0 Å². The molecule has 0 spiro atoms. The third-order valence-electron chi connectivity index (χ3n) is 2.11. The topological polar surface area (TPSA) is 56.9 Å².